The highest BCUT2D eigenvalue weighted by atomic mass is 19.1. The summed E-state index contributed by atoms with van der Waals surface area (Å²) < 4.78 is 13.2. The lowest BCUT2D eigenvalue weighted by Crippen LogP contribution is -2.56. The molecule has 11 heteroatoms. The third kappa shape index (κ3) is 6.89. The van der Waals surface area contributed by atoms with Crippen molar-refractivity contribution in [1.29, 1.82) is 0 Å². The molecule has 4 atom stereocenters. The number of allylic oxidation sites excluding steroid dienone is 1. The number of halogens is 1. The maximum absolute atomic E-state index is 13.5. The minimum atomic E-state index is -0.417. The van der Waals surface area contributed by atoms with Crippen LogP contribution in [-0.4, -0.2) is 99.2 Å². The Hall–Kier alpha value is -4.61. The van der Waals surface area contributed by atoms with Gasteiger partial charge >= 0.3 is 0 Å². The van der Waals surface area contributed by atoms with Crippen LogP contribution in [0.4, 0.5) is 10.1 Å². The molecule has 2 aliphatic carbocycles. The summed E-state index contributed by atoms with van der Waals surface area (Å²) in [7, 11) is 0. The molecule has 2 N–H and O–H groups in total. The zero-order chi connectivity index (χ0) is 41.4. The predicted molar refractivity (Wildman–Crippen MR) is 236 cm³/mol. The standard InChI is InChI=1S/C50H61FN8O2/c1-31-5-13-46(48(60)54-31)59-30-42-37-8-7-36-29-56(21-22-58(36)45(37)14-10-39(42)49(59)61)28-33-15-17-50(18-16-33)24-35(25-50)34-6-11-44(52-26-34)47-38-9-12-43-41(27-53-55-43)40(38)23-32(2)57(47)20-4-3-19-51/h6,9-12,14,26-27,32-33,35-36,46-47H,1,3-5,7-8,13,15-25,28-30H2,2H3,(H,53,55)(H,54,60)/t32-,33?,35?,36+,46?,47+,50?/m1/s1. The van der Waals surface area contributed by atoms with Gasteiger partial charge in [0.25, 0.3) is 5.91 Å². The van der Waals surface area contributed by atoms with Gasteiger partial charge in [0.15, 0.2) is 0 Å². The number of amides is 2. The van der Waals surface area contributed by atoms with Gasteiger partial charge < -0.3 is 15.1 Å². The molecular formula is C50H61FN8O2. The van der Waals surface area contributed by atoms with Gasteiger partial charge in [0, 0.05) is 73.3 Å². The van der Waals surface area contributed by atoms with E-state index >= 15 is 0 Å². The number of hydrogen-bond acceptors (Lipinski definition) is 7. The molecule has 0 bridgehead atoms. The number of carbonyl (C=O) groups excluding carboxylic acids is 2. The van der Waals surface area contributed by atoms with Crippen LogP contribution in [0.1, 0.15) is 133 Å². The average molecular weight is 825 g/mol. The lowest BCUT2D eigenvalue weighted by atomic mass is 9.53. The Morgan fingerprint density at radius 1 is 0.918 bits per heavy atom. The van der Waals surface area contributed by atoms with Crippen molar-refractivity contribution in [2.75, 3.05) is 44.3 Å². The summed E-state index contributed by atoms with van der Waals surface area (Å²) in [5.41, 5.74) is 12.1. The monoisotopic (exact) mass is 824 g/mol. The van der Waals surface area contributed by atoms with Crippen LogP contribution in [0.15, 0.2) is 61.1 Å². The maximum Gasteiger partial charge on any atom is 0.255 e. The number of unbranched alkanes of at least 4 members (excludes halogenated alkanes) is 1. The number of anilines is 1. The summed E-state index contributed by atoms with van der Waals surface area (Å²) >= 11 is 0. The molecule has 5 aliphatic heterocycles. The van der Waals surface area contributed by atoms with Crippen molar-refractivity contribution >= 4 is 28.4 Å². The number of aromatic nitrogens is 3. The van der Waals surface area contributed by atoms with Crippen LogP contribution in [0.2, 0.25) is 0 Å². The summed E-state index contributed by atoms with van der Waals surface area (Å²) in [5, 5.41) is 11.6. The zero-order valence-corrected chi connectivity index (χ0v) is 35.8. The van der Waals surface area contributed by atoms with Crippen LogP contribution in [0.25, 0.3) is 10.9 Å². The third-order valence-electron chi connectivity index (χ3n) is 16.4. The molecule has 2 aromatic heterocycles. The number of benzene rings is 2. The number of alkyl halides is 1. The number of carbonyl (C=O) groups is 2. The van der Waals surface area contributed by atoms with Gasteiger partial charge in [-0.3, -0.25) is 33.9 Å². The van der Waals surface area contributed by atoms with Crippen LogP contribution in [0.5, 0.6) is 0 Å². The Morgan fingerprint density at radius 3 is 2.59 bits per heavy atom. The van der Waals surface area contributed by atoms with Crippen molar-refractivity contribution in [3.05, 3.63) is 100 Å². The van der Waals surface area contributed by atoms with Crippen LogP contribution >= 0.6 is 0 Å². The maximum atomic E-state index is 13.5. The van der Waals surface area contributed by atoms with E-state index in [1.807, 2.05) is 12.3 Å². The topological polar surface area (TPSA) is 101 Å². The fraction of sp³-hybridized carbons (Fsp3) is 0.560. The van der Waals surface area contributed by atoms with Crippen molar-refractivity contribution in [1.82, 2.24) is 35.2 Å². The van der Waals surface area contributed by atoms with Gasteiger partial charge in [-0.2, -0.15) is 5.10 Å². The van der Waals surface area contributed by atoms with E-state index in [1.165, 1.54) is 78.4 Å². The summed E-state index contributed by atoms with van der Waals surface area (Å²) in [4.78, 5) is 41.3. The number of piperazine rings is 1. The molecule has 320 valence electrons. The number of H-pyrrole nitrogens is 1. The van der Waals surface area contributed by atoms with Gasteiger partial charge in [-0.15, -0.1) is 0 Å². The van der Waals surface area contributed by atoms with Crippen molar-refractivity contribution in [2.24, 2.45) is 11.3 Å². The number of nitrogens with one attached hydrogen (secondary N) is 2. The van der Waals surface area contributed by atoms with Crippen molar-refractivity contribution in [3.63, 3.8) is 0 Å². The van der Waals surface area contributed by atoms with E-state index in [2.05, 4.69) is 80.2 Å². The second kappa shape index (κ2) is 15.6. The highest BCUT2D eigenvalue weighted by molar-refractivity contribution is 6.02. The van der Waals surface area contributed by atoms with Crippen LogP contribution < -0.4 is 10.2 Å². The number of fused-ring (bicyclic) bond motifs is 8. The van der Waals surface area contributed by atoms with Crippen LogP contribution in [0, 0.1) is 11.3 Å². The molecule has 2 saturated heterocycles. The van der Waals surface area contributed by atoms with Gasteiger partial charge in [0.2, 0.25) is 5.91 Å². The largest absolute Gasteiger partial charge is 0.366 e. The first-order valence-electron chi connectivity index (χ1n) is 23.4. The van der Waals surface area contributed by atoms with E-state index in [0.29, 0.717) is 42.8 Å². The Balaban J connectivity index is 0.689. The average Bonchev–Trinajstić information content (AvgIpc) is 3.88. The molecule has 1 unspecified atom stereocenters. The summed E-state index contributed by atoms with van der Waals surface area (Å²) in [6.45, 7) is 11.8. The quantitative estimate of drug-likeness (QED) is 0.165. The second-order valence-electron chi connectivity index (χ2n) is 19.9. The number of piperidine rings is 1. The summed E-state index contributed by atoms with van der Waals surface area (Å²) in [5.74, 6) is 1.27. The van der Waals surface area contributed by atoms with Gasteiger partial charge in [0.1, 0.15) is 6.04 Å². The molecule has 61 heavy (non-hydrogen) atoms. The number of hydrogen-bond donors (Lipinski definition) is 2. The lowest BCUT2D eigenvalue weighted by Gasteiger charge is -2.53. The molecule has 2 aromatic carbocycles. The second-order valence-corrected chi connectivity index (χ2v) is 19.9. The number of aromatic amines is 1. The van der Waals surface area contributed by atoms with E-state index < -0.39 is 6.04 Å². The van der Waals surface area contributed by atoms with Gasteiger partial charge in [-0.1, -0.05) is 18.7 Å². The molecule has 1 spiro atoms. The number of pyridine rings is 1. The van der Waals surface area contributed by atoms with Gasteiger partial charge in [-0.25, -0.2) is 0 Å². The third-order valence-corrected chi connectivity index (χ3v) is 16.4. The first kappa shape index (κ1) is 39.3. The number of rotatable bonds is 9. The highest BCUT2D eigenvalue weighted by Gasteiger charge is 2.47. The van der Waals surface area contributed by atoms with Crippen molar-refractivity contribution in [2.45, 2.75) is 127 Å². The molecule has 0 radical (unpaired) electrons. The van der Waals surface area contributed by atoms with E-state index in [4.69, 9.17) is 4.98 Å². The molecule has 4 aromatic rings. The summed E-state index contributed by atoms with van der Waals surface area (Å²) in [6, 6.07) is 13.8. The molecule has 2 saturated carbocycles. The summed E-state index contributed by atoms with van der Waals surface area (Å²) in [6.07, 6.45) is 18.0. The van der Waals surface area contributed by atoms with E-state index in [1.54, 1.807) is 4.90 Å². The highest BCUT2D eigenvalue weighted by Crippen LogP contribution is 2.59. The first-order chi connectivity index (χ1) is 29.8. The molecule has 2 amide bonds. The lowest BCUT2D eigenvalue weighted by molar-refractivity contribution is -0.126. The molecular weight excluding hydrogens is 764 g/mol. The van der Waals surface area contributed by atoms with E-state index in [-0.39, 0.29) is 24.5 Å². The minimum Gasteiger partial charge on any atom is -0.366 e. The first-order valence-corrected chi connectivity index (χ1v) is 23.4. The Kier molecular flexibility index (Phi) is 10.1. The zero-order valence-electron chi connectivity index (χ0n) is 35.8. The fourth-order valence-electron chi connectivity index (χ4n) is 13.1. The van der Waals surface area contributed by atoms with E-state index in [9.17, 15) is 14.0 Å². The number of nitrogens with zero attached hydrogens (tertiary/aromatic N) is 6. The molecule has 11 rings (SSSR count). The van der Waals surface area contributed by atoms with Crippen LogP contribution in [-0.2, 0) is 24.2 Å². The minimum absolute atomic E-state index is 0.000941. The fourth-order valence-corrected chi connectivity index (χ4v) is 13.1. The SMILES string of the molecule is C=C1CCC(N2Cc3c(ccc4c3CC[C@H]3CN(CC5CCC6(CC5)CC(c5ccc([C@@H]7c8ccc9[nH]ncc9c8C[C@@H](C)N7CCCCF)nc5)C6)CCN43)C2=O)C(=O)N1. The normalized spacial score (nSPS) is 30.2. The molecule has 7 aliphatic rings. The Bertz CT molecular complexity index is 2340. The van der Waals surface area contributed by atoms with Gasteiger partial charge in [-0.05, 0) is 166 Å². The van der Waals surface area contributed by atoms with Crippen molar-refractivity contribution < 1.29 is 14.0 Å². The van der Waals surface area contributed by atoms with Gasteiger partial charge in [0.05, 0.1) is 30.1 Å². The predicted octanol–water partition coefficient (Wildman–Crippen LogP) is 7.98. The molecule has 4 fully saturated rings. The Labute approximate surface area is 359 Å². The van der Waals surface area contributed by atoms with Crippen LogP contribution in [0.3, 0.4) is 0 Å². The van der Waals surface area contributed by atoms with Crippen molar-refractivity contribution in [3.8, 4) is 0 Å². The molecule has 7 heterocycles. The van der Waals surface area contributed by atoms with E-state index in [0.717, 1.165) is 92.2 Å². The smallest absolute Gasteiger partial charge is 0.255 e. The Morgan fingerprint density at radius 2 is 1.79 bits per heavy atom. The molecule has 10 nitrogen and oxygen atoms in total.